The first-order chi connectivity index (χ1) is 8.76. The largest absolute Gasteiger partial charge is 0.464 e. The Morgan fingerprint density at radius 3 is 3.11 bits per heavy atom. The van der Waals surface area contributed by atoms with Crippen LogP contribution in [-0.4, -0.2) is 36.3 Å². The summed E-state index contributed by atoms with van der Waals surface area (Å²) in [5.74, 6) is -0.329. The Kier molecular flexibility index (Phi) is 3.09. The van der Waals surface area contributed by atoms with Gasteiger partial charge in [0.05, 0.1) is 19.3 Å². The second kappa shape index (κ2) is 4.74. The van der Waals surface area contributed by atoms with E-state index in [0.717, 1.165) is 18.7 Å². The van der Waals surface area contributed by atoms with Crippen molar-refractivity contribution >= 4 is 5.97 Å². The van der Waals surface area contributed by atoms with Crippen LogP contribution in [0.25, 0.3) is 0 Å². The van der Waals surface area contributed by atoms with Crippen LogP contribution >= 0.6 is 0 Å². The van der Waals surface area contributed by atoms with Crippen LogP contribution < -0.4 is 5.32 Å². The van der Waals surface area contributed by atoms with E-state index >= 15 is 0 Å². The Balaban J connectivity index is 1.54. The average Bonchev–Trinajstić information content (AvgIpc) is 3.10. The number of H-pyrrole nitrogens is 1. The molecule has 0 radical (unpaired) electrons. The van der Waals surface area contributed by atoms with Crippen LogP contribution in [-0.2, 0) is 16.0 Å². The average molecular weight is 250 g/mol. The van der Waals surface area contributed by atoms with Crippen LogP contribution in [0.2, 0.25) is 0 Å². The van der Waals surface area contributed by atoms with Crippen molar-refractivity contribution in [1.29, 1.82) is 0 Å². The molecule has 2 aliphatic heterocycles. The van der Waals surface area contributed by atoms with Gasteiger partial charge in [-0.1, -0.05) is 0 Å². The van der Waals surface area contributed by atoms with Crippen molar-refractivity contribution in [2.24, 2.45) is 0 Å². The molecule has 2 saturated heterocycles. The summed E-state index contributed by atoms with van der Waals surface area (Å²) in [5, 5.41) is 3.49. The summed E-state index contributed by atoms with van der Waals surface area (Å²) in [6.45, 7) is 0.730. The lowest BCUT2D eigenvalue weighted by molar-refractivity contribution is 0.0594. The number of ether oxygens (including phenoxy) is 2. The third-order valence-electron chi connectivity index (χ3n) is 3.81. The van der Waals surface area contributed by atoms with E-state index < -0.39 is 0 Å². The van der Waals surface area contributed by atoms with Gasteiger partial charge in [-0.15, -0.1) is 0 Å². The summed E-state index contributed by atoms with van der Waals surface area (Å²) < 4.78 is 10.4. The zero-order valence-electron chi connectivity index (χ0n) is 10.4. The fourth-order valence-corrected chi connectivity index (χ4v) is 2.87. The van der Waals surface area contributed by atoms with Crippen LogP contribution in [0.3, 0.4) is 0 Å². The van der Waals surface area contributed by atoms with E-state index in [2.05, 4.69) is 15.0 Å². The number of methoxy groups -OCH3 is 1. The van der Waals surface area contributed by atoms with Crippen molar-refractivity contribution in [3.05, 3.63) is 23.5 Å². The number of aromatic amines is 1. The number of nitrogens with one attached hydrogen (secondary N) is 2. The molecule has 3 unspecified atom stereocenters. The van der Waals surface area contributed by atoms with Gasteiger partial charge in [-0.05, 0) is 31.4 Å². The van der Waals surface area contributed by atoms with Gasteiger partial charge in [-0.25, -0.2) is 4.79 Å². The Labute approximate surface area is 106 Å². The smallest absolute Gasteiger partial charge is 0.354 e. The number of aromatic nitrogens is 1. The monoisotopic (exact) mass is 250 g/mol. The quantitative estimate of drug-likeness (QED) is 0.788. The Morgan fingerprint density at radius 2 is 2.44 bits per heavy atom. The SMILES string of the molecule is COC(=O)c1ccc(CNC2CC3CCC2O3)[nH]1. The minimum atomic E-state index is -0.329. The standard InChI is InChI=1S/C13H18N2O3/c1-17-13(16)10-4-2-8(15-10)7-14-11-6-9-3-5-12(11)18-9/h2,4,9,11-12,14-15H,3,5-7H2,1H3. The molecule has 0 amide bonds. The molecule has 0 aromatic carbocycles. The number of carbonyl (C=O) groups excluding carboxylic acids is 1. The van der Waals surface area contributed by atoms with E-state index in [9.17, 15) is 4.79 Å². The van der Waals surface area contributed by atoms with Gasteiger partial charge in [0.15, 0.2) is 0 Å². The molecule has 2 aliphatic rings. The van der Waals surface area contributed by atoms with Crippen molar-refractivity contribution in [2.45, 2.75) is 44.1 Å². The van der Waals surface area contributed by atoms with Gasteiger partial charge in [0, 0.05) is 18.3 Å². The number of rotatable bonds is 4. The minimum Gasteiger partial charge on any atom is -0.464 e. The Hall–Kier alpha value is -1.33. The van der Waals surface area contributed by atoms with Crippen LogP contribution in [0.4, 0.5) is 0 Å². The maximum atomic E-state index is 11.3. The minimum absolute atomic E-state index is 0.329. The number of hydrogen-bond donors (Lipinski definition) is 2. The lowest BCUT2D eigenvalue weighted by Gasteiger charge is -2.19. The zero-order valence-corrected chi connectivity index (χ0v) is 10.4. The van der Waals surface area contributed by atoms with Gasteiger partial charge < -0.3 is 19.8 Å². The fraction of sp³-hybridized carbons (Fsp3) is 0.615. The normalized spacial score (nSPS) is 29.7. The Morgan fingerprint density at radius 1 is 1.56 bits per heavy atom. The molecule has 5 heteroatoms. The number of esters is 1. The number of carbonyl (C=O) groups is 1. The summed E-state index contributed by atoms with van der Waals surface area (Å²) in [7, 11) is 1.38. The molecular weight excluding hydrogens is 232 g/mol. The van der Waals surface area contributed by atoms with Crippen molar-refractivity contribution < 1.29 is 14.3 Å². The van der Waals surface area contributed by atoms with Crippen LogP contribution in [0.15, 0.2) is 12.1 Å². The molecule has 2 fully saturated rings. The summed E-state index contributed by atoms with van der Waals surface area (Å²) in [5.41, 5.74) is 1.50. The summed E-state index contributed by atoms with van der Waals surface area (Å²) in [6.07, 6.45) is 4.32. The predicted molar refractivity (Wildman–Crippen MR) is 65.3 cm³/mol. The van der Waals surface area contributed by atoms with E-state index in [-0.39, 0.29) is 5.97 Å². The molecule has 2 N–H and O–H groups in total. The van der Waals surface area contributed by atoms with Crippen LogP contribution in [0.1, 0.15) is 35.4 Å². The molecule has 18 heavy (non-hydrogen) atoms. The first-order valence-corrected chi connectivity index (χ1v) is 6.41. The summed E-state index contributed by atoms with van der Waals surface area (Å²) in [4.78, 5) is 14.4. The maximum absolute atomic E-state index is 11.3. The van der Waals surface area contributed by atoms with E-state index in [1.807, 2.05) is 6.07 Å². The lowest BCUT2D eigenvalue weighted by Crippen LogP contribution is -2.37. The molecule has 1 aromatic heterocycles. The van der Waals surface area contributed by atoms with Gasteiger partial charge in [0.2, 0.25) is 0 Å². The van der Waals surface area contributed by atoms with E-state index in [1.165, 1.54) is 20.0 Å². The van der Waals surface area contributed by atoms with Gasteiger partial charge in [0.25, 0.3) is 0 Å². The summed E-state index contributed by atoms with van der Waals surface area (Å²) >= 11 is 0. The number of fused-ring (bicyclic) bond motifs is 2. The van der Waals surface area contributed by atoms with E-state index in [0.29, 0.717) is 23.9 Å². The van der Waals surface area contributed by atoms with Gasteiger partial charge in [-0.3, -0.25) is 0 Å². The van der Waals surface area contributed by atoms with Crippen LogP contribution in [0, 0.1) is 0 Å². The third kappa shape index (κ3) is 2.15. The topological polar surface area (TPSA) is 63.4 Å². The molecule has 1 aromatic rings. The highest BCUT2D eigenvalue weighted by Gasteiger charge is 2.40. The first-order valence-electron chi connectivity index (χ1n) is 6.41. The fourth-order valence-electron chi connectivity index (χ4n) is 2.87. The molecular formula is C13H18N2O3. The second-order valence-corrected chi connectivity index (χ2v) is 4.99. The molecule has 0 saturated carbocycles. The molecule has 2 bridgehead atoms. The summed E-state index contributed by atoms with van der Waals surface area (Å²) in [6, 6.07) is 4.11. The van der Waals surface area contributed by atoms with E-state index in [1.54, 1.807) is 6.07 Å². The molecule has 3 atom stereocenters. The van der Waals surface area contributed by atoms with Gasteiger partial charge in [-0.2, -0.15) is 0 Å². The molecule has 0 aliphatic carbocycles. The Bertz CT molecular complexity index is 443. The molecule has 0 spiro atoms. The maximum Gasteiger partial charge on any atom is 0.354 e. The predicted octanol–water partition coefficient (Wildman–Crippen LogP) is 1.21. The molecule has 3 rings (SSSR count). The van der Waals surface area contributed by atoms with Crippen molar-refractivity contribution in [1.82, 2.24) is 10.3 Å². The van der Waals surface area contributed by atoms with Gasteiger partial charge in [0.1, 0.15) is 5.69 Å². The van der Waals surface area contributed by atoms with Crippen molar-refractivity contribution in [3.8, 4) is 0 Å². The molecule has 5 nitrogen and oxygen atoms in total. The second-order valence-electron chi connectivity index (χ2n) is 4.99. The first kappa shape index (κ1) is 11.7. The van der Waals surface area contributed by atoms with Gasteiger partial charge >= 0.3 is 5.97 Å². The molecule has 98 valence electrons. The highest BCUT2D eigenvalue weighted by Crippen LogP contribution is 2.34. The van der Waals surface area contributed by atoms with E-state index in [4.69, 9.17) is 4.74 Å². The van der Waals surface area contributed by atoms with Crippen LogP contribution in [0.5, 0.6) is 0 Å². The van der Waals surface area contributed by atoms with Crippen molar-refractivity contribution in [3.63, 3.8) is 0 Å². The zero-order chi connectivity index (χ0) is 12.5. The lowest BCUT2D eigenvalue weighted by atomic mass is 9.95. The third-order valence-corrected chi connectivity index (χ3v) is 3.81. The number of hydrogen-bond acceptors (Lipinski definition) is 4. The highest BCUT2D eigenvalue weighted by molar-refractivity contribution is 5.87. The molecule has 3 heterocycles. The highest BCUT2D eigenvalue weighted by atomic mass is 16.5. The van der Waals surface area contributed by atoms with Crippen molar-refractivity contribution in [2.75, 3.05) is 7.11 Å².